The number of unbranched alkanes of at least 4 members (excludes halogenated alkanes) is 2. The van der Waals surface area contributed by atoms with Crippen LogP contribution >= 0.6 is 0 Å². The molecule has 0 radical (unpaired) electrons. The van der Waals surface area contributed by atoms with E-state index in [1.165, 1.54) is 36.8 Å². The van der Waals surface area contributed by atoms with Crippen molar-refractivity contribution < 1.29 is 0 Å². The highest BCUT2D eigenvalue weighted by atomic mass is 15.3. The molecule has 0 aliphatic heterocycles. The van der Waals surface area contributed by atoms with Crippen LogP contribution in [0.3, 0.4) is 0 Å². The highest BCUT2D eigenvalue weighted by Gasteiger charge is 2.03. The Kier molecular flexibility index (Phi) is 6.48. The van der Waals surface area contributed by atoms with Gasteiger partial charge in [0.2, 0.25) is 0 Å². The van der Waals surface area contributed by atoms with Crippen molar-refractivity contribution in [1.82, 2.24) is 15.1 Å². The van der Waals surface area contributed by atoms with Crippen molar-refractivity contribution in [2.75, 3.05) is 6.54 Å². The largest absolute Gasteiger partial charge is 0.312 e. The first-order valence-corrected chi connectivity index (χ1v) is 8.11. The molecule has 0 saturated carbocycles. The summed E-state index contributed by atoms with van der Waals surface area (Å²) < 4.78 is 2.02. The Morgan fingerprint density at radius 2 is 1.95 bits per heavy atom. The van der Waals surface area contributed by atoms with Crippen LogP contribution < -0.4 is 5.32 Å². The van der Waals surface area contributed by atoms with E-state index >= 15 is 0 Å². The minimum atomic E-state index is 0.598. The van der Waals surface area contributed by atoms with Crippen molar-refractivity contribution in [3.05, 3.63) is 42.7 Å². The predicted octanol–water partition coefficient (Wildman–Crippen LogP) is 4.11. The van der Waals surface area contributed by atoms with Gasteiger partial charge in [0, 0.05) is 24.3 Å². The van der Waals surface area contributed by atoms with E-state index in [4.69, 9.17) is 0 Å². The normalized spacial score (nSPS) is 12.5. The maximum atomic E-state index is 4.44. The molecule has 0 saturated heterocycles. The third-order valence-electron chi connectivity index (χ3n) is 3.81. The Bertz CT molecular complexity index is 504. The fraction of sp³-hybridized carbons (Fsp3) is 0.500. The molecule has 3 heteroatoms. The Balaban J connectivity index is 1.73. The Morgan fingerprint density at radius 1 is 1.14 bits per heavy atom. The van der Waals surface area contributed by atoms with Gasteiger partial charge in [0.15, 0.2) is 0 Å². The van der Waals surface area contributed by atoms with Crippen LogP contribution in [0.15, 0.2) is 42.7 Å². The predicted molar refractivity (Wildman–Crippen MR) is 89.3 cm³/mol. The second kappa shape index (κ2) is 8.63. The smallest absolute Gasteiger partial charge is 0.0568 e. The second-order valence-electron chi connectivity index (χ2n) is 5.71. The topological polar surface area (TPSA) is 29.9 Å². The molecule has 1 unspecified atom stereocenters. The zero-order valence-electron chi connectivity index (χ0n) is 13.3. The van der Waals surface area contributed by atoms with Crippen molar-refractivity contribution >= 4 is 0 Å². The molecule has 0 amide bonds. The molecule has 1 aromatic heterocycles. The molecule has 2 aromatic rings. The van der Waals surface area contributed by atoms with Crippen LogP contribution in [0.25, 0.3) is 11.1 Å². The van der Waals surface area contributed by atoms with Gasteiger partial charge in [0.1, 0.15) is 0 Å². The molecule has 0 bridgehead atoms. The van der Waals surface area contributed by atoms with E-state index in [0.717, 1.165) is 13.1 Å². The summed E-state index contributed by atoms with van der Waals surface area (Å²) in [7, 11) is 0. The molecule has 0 aliphatic rings. The van der Waals surface area contributed by atoms with E-state index in [9.17, 15) is 0 Å². The molecule has 1 atom stereocenters. The lowest BCUT2D eigenvalue weighted by molar-refractivity contribution is 0.460. The highest BCUT2D eigenvalue weighted by Crippen LogP contribution is 2.17. The zero-order chi connectivity index (χ0) is 14.9. The van der Waals surface area contributed by atoms with Gasteiger partial charge in [-0.05, 0) is 18.9 Å². The number of hydrogen-bond donors (Lipinski definition) is 1. The number of nitrogens with one attached hydrogen (secondary N) is 1. The third-order valence-corrected chi connectivity index (χ3v) is 3.81. The van der Waals surface area contributed by atoms with E-state index in [1.54, 1.807) is 0 Å². The van der Waals surface area contributed by atoms with Crippen molar-refractivity contribution in [2.45, 2.75) is 52.1 Å². The maximum absolute atomic E-state index is 4.44. The molecule has 114 valence electrons. The zero-order valence-corrected chi connectivity index (χ0v) is 13.3. The first-order chi connectivity index (χ1) is 10.3. The van der Waals surface area contributed by atoms with Gasteiger partial charge >= 0.3 is 0 Å². The highest BCUT2D eigenvalue weighted by molar-refractivity contribution is 5.61. The van der Waals surface area contributed by atoms with Gasteiger partial charge in [-0.25, -0.2) is 0 Å². The minimum Gasteiger partial charge on any atom is -0.312 e. The molecule has 0 spiro atoms. The number of aromatic nitrogens is 2. The number of rotatable bonds is 9. The molecule has 0 fully saturated rings. The lowest BCUT2D eigenvalue weighted by Crippen LogP contribution is -2.29. The quantitative estimate of drug-likeness (QED) is 0.703. The Morgan fingerprint density at radius 3 is 2.71 bits per heavy atom. The summed E-state index contributed by atoms with van der Waals surface area (Å²) in [4.78, 5) is 0. The van der Waals surface area contributed by atoms with Crippen molar-refractivity contribution in [1.29, 1.82) is 0 Å². The number of benzene rings is 1. The SMILES string of the molecule is CCCCCC(C)NCCn1cc(-c2ccccc2)cn1. The molecule has 2 rings (SSSR count). The Labute approximate surface area is 128 Å². The lowest BCUT2D eigenvalue weighted by Gasteiger charge is -2.13. The maximum Gasteiger partial charge on any atom is 0.0568 e. The van der Waals surface area contributed by atoms with Gasteiger partial charge in [-0.2, -0.15) is 5.10 Å². The summed E-state index contributed by atoms with van der Waals surface area (Å²) in [6.45, 7) is 6.42. The van der Waals surface area contributed by atoms with E-state index < -0.39 is 0 Å². The summed E-state index contributed by atoms with van der Waals surface area (Å²) in [5.74, 6) is 0. The van der Waals surface area contributed by atoms with E-state index in [1.807, 2.05) is 16.9 Å². The Hall–Kier alpha value is -1.61. The molecule has 1 aromatic carbocycles. The third kappa shape index (κ3) is 5.35. The molecule has 0 aliphatic carbocycles. The van der Waals surface area contributed by atoms with Crippen LogP contribution in [0.1, 0.15) is 39.5 Å². The van der Waals surface area contributed by atoms with Gasteiger partial charge in [0.25, 0.3) is 0 Å². The summed E-state index contributed by atoms with van der Waals surface area (Å²) in [5.41, 5.74) is 2.41. The molecular formula is C18H27N3. The molecule has 21 heavy (non-hydrogen) atoms. The first-order valence-electron chi connectivity index (χ1n) is 8.11. The molecule has 1 N–H and O–H groups in total. The second-order valence-corrected chi connectivity index (χ2v) is 5.71. The fourth-order valence-electron chi connectivity index (χ4n) is 2.49. The lowest BCUT2D eigenvalue weighted by atomic mass is 10.1. The van der Waals surface area contributed by atoms with Crippen molar-refractivity contribution in [3.63, 3.8) is 0 Å². The van der Waals surface area contributed by atoms with Crippen molar-refractivity contribution in [3.8, 4) is 11.1 Å². The molecule has 1 heterocycles. The van der Waals surface area contributed by atoms with E-state index in [-0.39, 0.29) is 0 Å². The van der Waals surface area contributed by atoms with Gasteiger partial charge < -0.3 is 5.32 Å². The standard InChI is InChI=1S/C18H27N3/c1-3-4-6-9-16(2)19-12-13-21-15-18(14-20-21)17-10-7-5-8-11-17/h5,7-8,10-11,14-16,19H,3-4,6,9,12-13H2,1-2H3. The average Bonchev–Trinajstić information content (AvgIpc) is 2.97. The number of nitrogens with zero attached hydrogens (tertiary/aromatic N) is 2. The van der Waals surface area contributed by atoms with Crippen LogP contribution in [0.2, 0.25) is 0 Å². The summed E-state index contributed by atoms with van der Waals surface area (Å²) >= 11 is 0. The minimum absolute atomic E-state index is 0.598. The van der Waals surface area contributed by atoms with Gasteiger partial charge in [-0.15, -0.1) is 0 Å². The van der Waals surface area contributed by atoms with E-state index in [0.29, 0.717) is 6.04 Å². The van der Waals surface area contributed by atoms with Crippen LogP contribution in [-0.2, 0) is 6.54 Å². The first kappa shape index (κ1) is 15.8. The van der Waals surface area contributed by atoms with Crippen LogP contribution in [-0.4, -0.2) is 22.4 Å². The summed E-state index contributed by atoms with van der Waals surface area (Å²) in [5, 5.41) is 8.02. The van der Waals surface area contributed by atoms with Crippen molar-refractivity contribution in [2.24, 2.45) is 0 Å². The van der Waals surface area contributed by atoms with Crippen LogP contribution in [0, 0.1) is 0 Å². The van der Waals surface area contributed by atoms with Crippen LogP contribution in [0.5, 0.6) is 0 Å². The molecule has 3 nitrogen and oxygen atoms in total. The summed E-state index contributed by atoms with van der Waals surface area (Å²) in [6, 6.07) is 11.0. The van der Waals surface area contributed by atoms with Gasteiger partial charge in [-0.3, -0.25) is 4.68 Å². The molecular weight excluding hydrogens is 258 g/mol. The van der Waals surface area contributed by atoms with E-state index in [2.05, 4.69) is 54.7 Å². The monoisotopic (exact) mass is 285 g/mol. The fourth-order valence-corrected chi connectivity index (χ4v) is 2.49. The summed E-state index contributed by atoms with van der Waals surface area (Å²) in [6.07, 6.45) is 9.29. The van der Waals surface area contributed by atoms with Gasteiger partial charge in [0.05, 0.1) is 12.7 Å². The van der Waals surface area contributed by atoms with Crippen LogP contribution in [0.4, 0.5) is 0 Å². The average molecular weight is 285 g/mol. The number of hydrogen-bond acceptors (Lipinski definition) is 2. The van der Waals surface area contributed by atoms with Gasteiger partial charge in [-0.1, -0.05) is 56.5 Å².